The molecule has 2 aromatic heterocycles. The molecule has 3 aromatic carbocycles. The van der Waals surface area contributed by atoms with Gasteiger partial charge in [0.25, 0.3) is 13.9 Å². The summed E-state index contributed by atoms with van der Waals surface area (Å²) in [6, 6.07) is 28.6. The van der Waals surface area contributed by atoms with Gasteiger partial charge in [0.2, 0.25) is 0 Å². The molecule has 0 amide bonds. The molecule has 0 fully saturated rings. The van der Waals surface area contributed by atoms with Crippen LogP contribution in [0.1, 0.15) is 32.0 Å². The SMILES string of the molecule is COc1ccc(Cn2ncc3[nH]c(=O)c(CO[Si](c4ccccc4)(c4ccccc4)C(C)(C)C)nc32)cc1. The minimum Gasteiger partial charge on any atom is -0.497 e. The number of hydrogen-bond acceptors (Lipinski definition) is 5. The molecule has 0 spiro atoms. The minimum atomic E-state index is -2.82. The van der Waals surface area contributed by atoms with Gasteiger partial charge < -0.3 is 14.1 Å². The van der Waals surface area contributed by atoms with E-state index in [4.69, 9.17) is 14.1 Å². The van der Waals surface area contributed by atoms with Crippen molar-refractivity contribution >= 4 is 29.9 Å². The van der Waals surface area contributed by atoms with Crippen molar-refractivity contribution in [2.24, 2.45) is 0 Å². The highest BCUT2D eigenvalue weighted by Crippen LogP contribution is 2.37. The van der Waals surface area contributed by atoms with Gasteiger partial charge in [0.15, 0.2) is 5.65 Å². The second kappa shape index (κ2) is 10.4. The van der Waals surface area contributed by atoms with Crippen LogP contribution in [0.25, 0.3) is 11.2 Å². The Balaban J connectivity index is 1.53. The van der Waals surface area contributed by atoms with Crippen LogP contribution >= 0.6 is 0 Å². The van der Waals surface area contributed by atoms with Crippen LogP contribution in [-0.2, 0) is 17.6 Å². The number of H-pyrrole nitrogens is 1. The van der Waals surface area contributed by atoms with Crippen molar-refractivity contribution in [3.63, 3.8) is 0 Å². The van der Waals surface area contributed by atoms with Gasteiger partial charge >= 0.3 is 0 Å². The van der Waals surface area contributed by atoms with Gasteiger partial charge in [0.05, 0.1) is 26.5 Å². The van der Waals surface area contributed by atoms with Gasteiger partial charge in [-0.1, -0.05) is 93.6 Å². The number of ether oxygens (including phenoxy) is 1. The third-order valence-electron chi connectivity index (χ3n) is 6.90. The first kappa shape index (κ1) is 25.6. The van der Waals surface area contributed by atoms with Gasteiger partial charge in [-0.2, -0.15) is 5.10 Å². The first-order chi connectivity index (χ1) is 18.3. The number of aromatic nitrogens is 4. The fourth-order valence-corrected chi connectivity index (χ4v) is 9.52. The summed E-state index contributed by atoms with van der Waals surface area (Å²) in [5.74, 6) is 0.796. The standard InChI is InChI=1S/C30H32N4O3Si/c1-30(2,3)38(24-11-7-5-8-12-24,25-13-9-6-10-14-25)37-21-27-29(35)33-26-19-31-34(28(26)32-27)20-22-15-17-23(36-4)18-16-22/h5-19H,20-21H2,1-4H3,(H,33,35). The summed E-state index contributed by atoms with van der Waals surface area (Å²) in [4.78, 5) is 20.8. The van der Waals surface area contributed by atoms with Crippen LogP contribution in [0.3, 0.4) is 0 Å². The first-order valence-corrected chi connectivity index (χ1v) is 14.6. The molecule has 2 heterocycles. The van der Waals surface area contributed by atoms with E-state index in [0.29, 0.717) is 23.4 Å². The topological polar surface area (TPSA) is 82.0 Å². The van der Waals surface area contributed by atoms with Gasteiger partial charge in [-0.05, 0) is 33.1 Å². The molecule has 5 aromatic rings. The van der Waals surface area contributed by atoms with Crippen LogP contribution in [0, 0.1) is 0 Å². The lowest BCUT2D eigenvalue weighted by molar-refractivity contribution is 0.280. The normalized spacial score (nSPS) is 12.1. The van der Waals surface area contributed by atoms with E-state index in [1.165, 1.54) is 0 Å². The maximum atomic E-state index is 13.1. The van der Waals surface area contributed by atoms with Crippen LogP contribution in [0.2, 0.25) is 5.04 Å². The lowest BCUT2D eigenvalue weighted by Gasteiger charge is -2.42. The zero-order valence-electron chi connectivity index (χ0n) is 22.1. The summed E-state index contributed by atoms with van der Waals surface area (Å²) >= 11 is 0. The predicted molar refractivity (Wildman–Crippen MR) is 153 cm³/mol. The van der Waals surface area contributed by atoms with Crippen LogP contribution in [0.5, 0.6) is 5.75 Å². The van der Waals surface area contributed by atoms with Crippen molar-refractivity contribution in [3.8, 4) is 5.75 Å². The highest BCUT2D eigenvalue weighted by atomic mass is 28.4. The third-order valence-corrected chi connectivity index (χ3v) is 11.9. The highest BCUT2D eigenvalue weighted by Gasteiger charge is 2.50. The van der Waals surface area contributed by atoms with Crippen molar-refractivity contribution in [1.82, 2.24) is 19.7 Å². The molecule has 0 aliphatic heterocycles. The molecule has 5 rings (SSSR count). The lowest BCUT2D eigenvalue weighted by atomic mass is 10.2. The number of nitrogens with zero attached hydrogens (tertiary/aromatic N) is 3. The summed E-state index contributed by atoms with van der Waals surface area (Å²) in [6.07, 6.45) is 1.64. The van der Waals surface area contributed by atoms with Gasteiger partial charge in [0, 0.05) is 0 Å². The molecule has 7 nitrogen and oxygen atoms in total. The van der Waals surface area contributed by atoms with Crippen molar-refractivity contribution in [2.45, 2.75) is 39.0 Å². The average Bonchev–Trinajstić information content (AvgIpc) is 3.30. The largest absolute Gasteiger partial charge is 0.497 e. The molecular formula is C30H32N4O3Si. The Kier molecular flexibility index (Phi) is 7.01. The Morgan fingerprint density at radius 2 is 1.50 bits per heavy atom. The molecule has 38 heavy (non-hydrogen) atoms. The number of fused-ring (bicyclic) bond motifs is 1. The third kappa shape index (κ3) is 4.80. The van der Waals surface area contributed by atoms with E-state index in [1.807, 2.05) is 60.7 Å². The molecule has 0 radical (unpaired) electrons. The number of hydrogen-bond donors (Lipinski definition) is 1. The molecule has 0 atom stereocenters. The van der Waals surface area contributed by atoms with E-state index in [-0.39, 0.29) is 17.2 Å². The molecule has 0 unspecified atom stereocenters. The van der Waals surface area contributed by atoms with Crippen molar-refractivity contribution in [1.29, 1.82) is 0 Å². The summed E-state index contributed by atoms with van der Waals surface area (Å²) < 4.78 is 14.0. The summed E-state index contributed by atoms with van der Waals surface area (Å²) in [7, 11) is -1.17. The van der Waals surface area contributed by atoms with Gasteiger partial charge in [-0.25, -0.2) is 9.67 Å². The molecular weight excluding hydrogens is 492 g/mol. The van der Waals surface area contributed by atoms with Gasteiger partial charge in [-0.3, -0.25) is 4.79 Å². The number of aromatic amines is 1. The Morgan fingerprint density at radius 1 is 0.895 bits per heavy atom. The predicted octanol–water partition coefficient (Wildman–Crippen LogP) is 4.25. The maximum absolute atomic E-state index is 13.1. The number of rotatable bonds is 8. The van der Waals surface area contributed by atoms with Crippen LogP contribution < -0.4 is 20.7 Å². The summed E-state index contributed by atoms with van der Waals surface area (Å²) in [6.45, 7) is 7.24. The first-order valence-electron chi connectivity index (χ1n) is 12.6. The summed E-state index contributed by atoms with van der Waals surface area (Å²) in [5, 5.41) is 6.58. The quantitative estimate of drug-likeness (QED) is 0.307. The fraction of sp³-hybridized carbons (Fsp3) is 0.233. The molecule has 0 bridgehead atoms. The van der Waals surface area contributed by atoms with E-state index in [1.54, 1.807) is 18.0 Å². The van der Waals surface area contributed by atoms with Crippen LogP contribution in [-0.4, -0.2) is 35.2 Å². The monoisotopic (exact) mass is 524 g/mol. The smallest absolute Gasteiger partial charge is 0.272 e. The van der Waals surface area contributed by atoms with Crippen molar-refractivity contribution < 1.29 is 9.16 Å². The molecule has 8 heteroatoms. The molecule has 1 N–H and O–H groups in total. The van der Waals surface area contributed by atoms with E-state index >= 15 is 0 Å². The molecule has 194 valence electrons. The number of nitrogens with one attached hydrogen (secondary N) is 1. The van der Waals surface area contributed by atoms with E-state index in [9.17, 15) is 4.79 Å². The van der Waals surface area contributed by atoms with Crippen molar-refractivity contribution in [3.05, 3.63) is 113 Å². The summed E-state index contributed by atoms with van der Waals surface area (Å²) in [5.41, 5.74) is 2.33. The van der Waals surface area contributed by atoms with Crippen LogP contribution in [0.4, 0.5) is 0 Å². The Labute approximate surface area is 223 Å². The molecule has 0 aliphatic rings. The number of methoxy groups -OCH3 is 1. The zero-order chi connectivity index (χ0) is 26.8. The minimum absolute atomic E-state index is 0.0896. The molecule has 0 aliphatic carbocycles. The maximum Gasteiger partial charge on any atom is 0.272 e. The van der Waals surface area contributed by atoms with E-state index < -0.39 is 8.32 Å². The Bertz CT molecular complexity index is 1530. The Morgan fingerprint density at radius 3 is 2.05 bits per heavy atom. The zero-order valence-corrected chi connectivity index (χ0v) is 23.1. The molecule has 0 saturated carbocycles. The van der Waals surface area contributed by atoms with E-state index in [2.05, 4.69) is 55.1 Å². The second-order valence-electron chi connectivity index (χ2n) is 10.4. The van der Waals surface area contributed by atoms with Gasteiger partial charge in [-0.15, -0.1) is 0 Å². The number of benzene rings is 3. The lowest BCUT2D eigenvalue weighted by Crippen LogP contribution is -2.66. The average molecular weight is 525 g/mol. The highest BCUT2D eigenvalue weighted by molar-refractivity contribution is 6.99. The fourth-order valence-electron chi connectivity index (χ4n) is 5.01. The van der Waals surface area contributed by atoms with Crippen molar-refractivity contribution in [2.75, 3.05) is 7.11 Å². The molecule has 0 saturated heterocycles. The van der Waals surface area contributed by atoms with E-state index in [0.717, 1.165) is 21.7 Å². The second-order valence-corrected chi connectivity index (χ2v) is 14.7. The van der Waals surface area contributed by atoms with Gasteiger partial charge in [0.1, 0.15) is 17.0 Å². The van der Waals surface area contributed by atoms with Crippen LogP contribution in [0.15, 0.2) is 95.9 Å². The Hall–Kier alpha value is -4.01.